The summed E-state index contributed by atoms with van der Waals surface area (Å²) >= 11 is 0. The fraction of sp³-hybridized carbons (Fsp3) is 0.172. The number of hydrogen-bond acceptors (Lipinski definition) is 11. The minimum absolute atomic E-state index is 0.124. The zero-order valence-corrected chi connectivity index (χ0v) is 23.8. The number of amides is 6. The van der Waals surface area contributed by atoms with Gasteiger partial charge in [-0.15, -0.1) is 5.06 Å². The fourth-order valence-electron chi connectivity index (χ4n) is 4.99. The van der Waals surface area contributed by atoms with Crippen molar-refractivity contribution in [3.63, 3.8) is 0 Å². The van der Waals surface area contributed by atoms with Crippen molar-refractivity contribution in [1.29, 1.82) is 0 Å². The van der Waals surface area contributed by atoms with Crippen LogP contribution >= 0.6 is 0 Å². The molecular formula is C29H21N3O12S. The number of carbonyl (C=O) groups excluding carboxylic acids is 8. The molecule has 0 saturated carbocycles. The Labute approximate surface area is 254 Å². The van der Waals surface area contributed by atoms with E-state index in [4.69, 9.17) is 4.84 Å². The number of benzene rings is 2. The molecule has 2 aromatic rings. The first kappa shape index (κ1) is 30.8. The van der Waals surface area contributed by atoms with E-state index in [1.54, 1.807) is 12.1 Å². The number of Topliss-reactive ketones (excluding diaryl/α,β-unsaturated/α-hetero) is 1. The molecule has 0 aromatic heterocycles. The van der Waals surface area contributed by atoms with Crippen LogP contribution in [-0.4, -0.2) is 70.0 Å². The third kappa shape index (κ3) is 5.36. The van der Waals surface area contributed by atoms with E-state index in [0.29, 0.717) is 16.2 Å². The van der Waals surface area contributed by atoms with Gasteiger partial charge in [-0.25, -0.2) is 14.6 Å². The largest absolute Gasteiger partial charge is 0.333 e. The standard InChI is InChI=1S/C29H21N3O12S/c33-21-12-13-22(34)30(21)18-10-8-17(9-11-18)4-3-7-26(38)44-32-25(37)16-29(28(32)40,45(41,42)43)27(39)19-5-1-2-6-20(19)31-23(35)14-15-24(31)36/h1-2,5-6,8-15H,3-4,7,16H2,(H,41,42,43). The van der Waals surface area contributed by atoms with Crippen LogP contribution < -0.4 is 9.80 Å². The number of ketones is 1. The van der Waals surface area contributed by atoms with Gasteiger partial charge in [0.05, 0.1) is 17.8 Å². The first-order chi connectivity index (χ1) is 21.3. The molecule has 5 rings (SSSR count). The molecule has 0 radical (unpaired) electrons. The molecule has 3 aliphatic rings. The summed E-state index contributed by atoms with van der Waals surface area (Å²) in [5, 5.41) is -0.197. The van der Waals surface area contributed by atoms with Crippen LogP contribution in [0.4, 0.5) is 11.4 Å². The molecule has 15 nitrogen and oxygen atoms in total. The third-order valence-corrected chi connectivity index (χ3v) is 8.59. The number of imide groups is 3. The van der Waals surface area contributed by atoms with Crippen molar-refractivity contribution in [3.8, 4) is 0 Å². The lowest BCUT2D eigenvalue weighted by Crippen LogP contribution is -2.53. The number of anilines is 2. The average Bonchev–Trinajstić information content (AvgIpc) is 3.60. The van der Waals surface area contributed by atoms with Crippen molar-refractivity contribution in [2.45, 2.75) is 30.4 Å². The Morgan fingerprint density at radius 1 is 0.800 bits per heavy atom. The van der Waals surface area contributed by atoms with Gasteiger partial charge in [0.15, 0.2) is 5.78 Å². The Morgan fingerprint density at radius 2 is 1.36 bits per heavy atom. The SMILES string of the molecule is O=C(CCCc1ccc(N2C(=O)C=CC2=O)cc1)ON1C(=O)CC(C(=O)c2ccccc2N2C(=O)C=CC2=O)(S(=O)(=O)O)C1=O. The number of aryl methyl sites for hydroxylation is 1. The molecule has 230 valence electrons. The van der Waals surface area contributed by atoms with E-state index in [1.165, 1.54) is 24.3 Å². The zero-order chi connectivity index (χ0) is 32.7. The highest BCUT2D eigenvalue weighted by molar-refractivity contribution is 7.89. The smallest absolute Gasteiger partial charge is 0.330 e. The summed E-state index contributed by atoms with van der Waals surface area (Å²) < 4.78 is 31.8. The van der Waals surface area contributed by atoms with Gasteiger partial charge in [0.1, 0.15) is 0 Å². The van der Waals surface area contributed by atoms with Gasteiger partial charge in [-0.3, -0.25) is 38.1 Å². The van der Waals surface area contributed by atoms with Crippen LogP contribution in [0.5, 0.6) is 0 Å². The topological polar surface area (TPSA) is 210 Å². The molecule has 1 unspecified atom stereocenters. The fourth-order valence-corrected chi connectivity index (χ4v) is 5.95. The van der Waals surface area contributed by atoms with E-state index < -0.39 is 79.7 Å². The van der Waals surface area contributed by atoms with Gasteiger partial charge in [0, 0.05) is 36.3 Å². The highest BCUT2D eigenvalue weighted by atomic mass is 32.2. The Bertz CT molecular complexity index is 1840. The van der Waals surface area contributed by atoms with Crippen molar-refractivity contribution in [2.75, 3.05) is 9.80 Å². The lowest BCUT2D eigenvalue weighted by Gasteiger charge is -2.24. The minimum atomic E-state index is -5.71. The summed E-state index contributed by atoms with van der Waals surface area (Å²) in [5.74, 6) is -8.72. The van der Waals surface area contributed by atoms with Crippen molar-refractivity contribution >= 4 is 68.7 Å². The second-order valence-electron chi connectivity index (χ2n) is 9.99. The second kappa shape index (κ2) is 11.5. The van der Waals surface area contributed by atoms with Crippen molar-refractivity contribution < 1.29 is 56.2 Å². The summed E-state index contributed by atoms with van der Waals surface area (Å²) in [6, 6.07) is 11.0. The zero-order valence-electron chi connectivity index (χ0n) is 22.9. The van der Waals surface area contributed by atoms with Gasteiger partial charge in [0.25, 0.3) is 45.6 Å². The molecule has 1 saturated heterocycles. The van der Waals surface area contributed by atoms with Crippen LogP contribution in [0, 0.1) is 0 Å². The molecule has 0 aliphatic carbocycles. The van der Waals surface area contributed by atoms with E-state index >= 15 is 0 Å². The monoisotopic (exact) mass is 635 g/mol. The van der Waals surface area contributed by atoms with Gasteiger partial charge < -0.3 is 4.84 Å². The Hall–Kier alpha value is -5.61. The van der Waals surface area contributed by atoms with Crippen LogP contribution in [0.2, 0.25) is 0 Å². The van der Waals surface area contributed by atoms with Crippen molar-refractivity contribution in [3.05, 3.63) is 84.0 Å². The van der Waals surface area contributed by atoms with Gasteiger partial charge in [-0.2, -0.15) is 8.42 Å². The number of nitrogens with zero attached hydrogens (tertiary/aromatic N) is 3. The van der Waals surface area contributed by atoms with Crippen LogP contribution in [0.1, 0.15) is 35.2 Å². The molecule has 3 aliphatic heterocycles. The van der Waals surface area contributed by atoms with Gasteiger partial charge >= 0.3 is 5.97 Å². The average molecular weight is 636 g/mol. The summed E-state index contributed by atoms with van der Waals surface area (Å²) in [4.78, 5) is 107. The van der Waals surface area contributed by atoms with Crippen molar-refractivity contribution in [2.24, 2.45) is 0 Å². The first-order valence-corrected chi connectivity index (χ1v) is 14.6. The number of para-hydroxylation sites is 1. The molecule has 1 N–H and O–H groups in total. The number of carbonyl (C=O) groups is 8. The molecule has 1 fully saturated rings. The maximum absolute atomic E-state index is 13.7. The lowest BCUT2D eigenvalue weighted by molar-refractivity contribution is -0.197. The predicted octanol–water partition coefficient (Wildman–Crippen LogP) is 0.595. The molecular weight excluding hydrogens is 614 g/mol. The van der Waals surface area contributed by atoms with Gasteiger partial charge in [0.2, 0.25) is 4.75 Å². The molecule has 0 spiro atoms. The quantitative estimate of drug-likeness (QED) is 0.165. The number of hydrogen-bond donors (Lipinski definition) is 1. The van der Waals surface area contributed by atoms with Crippen LogP contribution in [-0.2, 0) is 54.9 Å². The molecule has 45 heavy (non-hydrogen) atoms. The number of hydroxylamine groups is 2. The Balaban J connectivity index is 1.28. The minimum Gasteiger partial charge on any atom is -0.330 e. The molecule has 1 atom stereocenters. The molecule has 16 heteroatoms. The second-order valence-corrected chi connectivity index (χ2v) is 11.6. The molecule has 0 bridgehead atoms. The van der Waals surface area contributed by atoms with E-state index in [2.05, 4.69) is 0 Å². The normalized spacial score (nSPS) is 19.8. The maximum atomic E-state index is 13.7. The first-order valence-electron chi connectivity index (χ1n) is 13.2. The van der Waals surface area contributed by atoms with E-state index in [-0.39, 0.29) is 24.3 Å². The summed E-state index contributed by atoms with van der Waals surface area (Å²) in [5.41, 5.74) is 0.00546. The summed E-state index contributed by atoms with van der Waals surface area (Å²) in [7, 11) is -5.71. The van der Waals surface area contributed by atoms with Crippen LogP contribution in [0.3, 0.4) is 0 Å². The lowest BCUT2D eigenvalue weighted by atomic mass is 9.93. The summed E-state index contributed by atoms with van der Waals surface area (Å²) in [6.07, 6.45) is 2.71. The van der Waals surface area contributed by atoms with E-state index in [1.807, 2.05) is 0 Å². The molecule has 3 heterocycles. The highest BCUT2D eigenvalue weighted by Crippen LogP contribution is 2.38. The molecule has 2 aromatic carbocycles. The van der Waals surface area contributed by atoms with Crippen molar-refractivity contribution in [1.82, 2.24) is 5.06 Å². The van der Waals surface area contributed by atoms with Gasteiger partial charge in [-0.05, 0) is 42.7 Å². The van der Waals surface area contributed by atoms with Crippen LogP contribution in [0.25, 0.3) is 0 Å². The van der Waals surface area contributed by atoms with E-state index in [0.717, 1.165) is 41.3 Å². The Kier molecular flexibility index (Phi) is 7.86. The van der Waals surface area contributed by atoms with Crippen LogP contribution in [0.15, 0.2) is 72.8 Å². The maximum Gasteiger partial charge on any atom is 0.333 e. The number of rotatable bonds is 10. The van der Waals surface area contributed by atoms with Gasteiger partial charge in [-0.1, -0.05) is 24.3 Å². The summed E-state index contributed by atoms with van der Waals surface area (Å²) in [6.45, 7) is 0. The third-order valence-electron chi connectivity index (χ3n) is 7.21. The van der Waals surface area contributed by atoms with E-state index in [9.17, 15) is 51.3 Å². The Morgan fingerprint density at radius 3 is 1.93 bits per heavy atom. The predicted molar refractivity (Wildman–Crippen MR) is 150 cm³/mol. The highest BCUT2D eigenvalue weighted by Gasteiger charge is 2.67. The molecule has 6 amide bonds.